The lowest BCUT2D eigenvalue weighted by molar-refractivity contribution is 0.575. The zero-order valence-corrected chi connectivity index (χ0v) is 9.47. The summed E-state index contributed by atoms with van der Waals surface area (Å²) in [6.07, 6.45) is 3.41. The van der Waals surface area contributed by atoms with E-state index in [1.165, 1.54) is 12.4 Å². The molecule has 0 aliphatic carbocycles. The Hall–Kier alpha value is -0.920. The highest BCUT2D eigenvalue weighted by atomic mass is 32.2. The van der Waals surface area contributed by atoms with E-state index in [9.17, 15) is 8.42 Å². The molecular formula is C8H16N4O2S. The second-order valence-electron chi connectivity index (χ2n) is 3.04. The second kappa shape index (κ2) is 5.84. The first kappa shape index (κ1) is 12.2. The molecule has 0 saturated carbocycles. The molecule has 1 aromatic heterocycles. The number of nitrogens with one attached hydrogen (secondary N) is 3. The Bertz CT molecular complexity index is 360. The lowest BCUT2D eigenvalue weighted by atomic mass is 10.4. The first-order valence-electron chi connectivity index (χ1n) is 4.86. The van der Waals surface area contributed by atoms with Crippen LogP contribution in [0.3, 0.4) is 0 Å². The van der Waals surface area contributed by atoms with Crippen LogP contribution in [0.5, 0.6) is 0 Å². The number of rotatable bonds is 7. The van der Waals surface area contributed by atoms with Gasteiger partial charge in [-0.25, -0.2) is 13.1 Å². The van der Waals surface area contributed by atoms with Crippen LogP contribution in [0.25, 0.3) is 0 Å². The van der Waals surface area contributed by atoms with Gasteiger partial charge in [-0.15, -0.1) is 0 Å². The lowest BCUT2D eigenvalue weighted by Crippen LogP contribution is -2.27. The van der Waals surface area contributed by atoms with Gasteiger partial charge in [0.05, 0.1) is 6.20 Å². The van der Waals surface area contributed by atoms with Crippen molar-refractivity contribution in [1.29, 1.82) is 0 Å². The summed E-state index contributed by atoms with van der Waals surface area (Å²) in [5.74, 6) is 0. The van der Waals surface area contributed by atoms with Crippen molar-refractivity contribution >= 4 is 10.0 Å². The molecule has 1 rings (SSSR count). The quantitative estimate of drug-likeness (QED) is 0.563. The zero-order valence-electron chi connectivity index (χ0n) is 8.66. The molecule has 7 heteroatoms. The molecule has 15 heavy (non-hydrogen) atoms. The summed E-state index contributed by atoms with van der Waals surface area (Å²) in [6.45, 7) is 4.15. The van der Waals surface area contributed by atoms with Crippen LogP contribution in [-0.4, -0.2) is 38.2 Å². The minimum Gasteiger partial charge on any atom is -0.317 e. The van der Waals surface area contributed by atoms with Crippen molar-refractivity contribution in [2.75, 3.05) is 19.6 Å². The maximum atomic E-state index is 11.5. The van der Waals surface area contributed by atoms with Crippen molar-refractivity contribution < 1.29 is 8.42 Å². The molecule has 0 saturated heterocycles. The maximum absolute atomic E-state index is 11.5. The van der Waals surface area contributed by atoms with E-state index in [1.807, 2.05) is 6.92 Å². The monoisotopic (exact) mass is 232 g/mol. The van der Waals surface area contributed by atoms with Crippen LogP contribution >= 0.6 is 0 Å². The molecule has 1 heterocycles. The summed E-state index contributed by atoms with van der Waals surface area (Å²) in [7, 11) is -3.38. The van der Waals surface area contributed by atoms with E-state index in [1.54, 1.807) is 0 Å². The Morgan fingerprint density at radius 1 is 1.47 bits per heavy atom. The molecule has 86 valence electrons. The summed E-state index contributed by atoms with van der Waals surface area (Å²) in [5, 5.41) is 9.17. The van der Waals surface area contributed by atoms with Gasteiger partial charge in [0.25, 0.3) is 0 Å². The molecule has 0 amide bonds. The number of nitrogens with zero attached hydrogens (tertiary/aromatic N) is 1. The maximum Gasteiger partial charge on any atom is 0.243 e. The molecular weight excluding hydrogens is 216 g/mol. The summed E-state index contributed by atoms with van der Waals surface area (Å²) in [4.78, 5) is 0.172. The average Bonchev–Trinajstić information content (AvgIpc) is 2.70. The summed E-state index contributed by atoms with van der Waals surface area (Å²) in [5.41, 5.74) is 0. The normalized spacial score (nSPS) is 11.8. The fourth-order valence-electron chi connectivity index (χ4n) is 1.07. The van der Waals surface area contributed by atoms with Crippen LogP contribution in [0.2, 0.25) is 0 Å². The fraction of sp³-hybridized carbons (Fsp3) is 0.625. The standard InChI is InChI=1S/C8H16N4O2S/c1-2-9-4-3-5-12-15(13,14)8-6-10-11-7-8/h6-7,9,12H,2-5H2,1H3,(H,10,11). The molecule has 0 spiro atoms. The Balaban J connectivity index is 2.32. The molecule has 3 N–H and O–H groups in total. The van der Waals surface area contributed by atoms with Gasteiger partial charge in [0.2, 0.25) is 10.0 Å². The number of aromatic nitrogens is 2. The Kier molecular flexibility index (Phi) is 4.73. The van der Waals surface area contributed by atoms with Gasteiger partial charge in [0.1, 0.15) is 4.90 Å². The first-order chi connectivity index (χ1) is 7.17. The topological polar surface area (TPSA) is 86.9 Å². The molecule has 0 bridgehead atoms. The minimum absolute atomic E-state index is 0.172. The van der Waals surface area contributed by atoms with Crippen molar-refractivity contribution in [3.05, 3.63) is 12.4 Å². The van der Waals surface area contributed by atoms with Crippen LogP contribution in [0, 0.1) is 0 Å². The molecule has 0 aliphatic rings. The highest BCUT2D eigenvalue weighted by Crippen LogP contribution is 2.03. The van der Waals surface area contributed by atoms with Crippen LogP contribution in [0.1, 0.15) is 13.3 Å². The van der Waals surface area contributed by atoms with Gasteiger partial charge in [0, 0.05) is 12.7 Å². The van der Waals surface area contributed by atoms with E-state index in [2.05, 4.69) is 20.2 Å². The Labute approximate surface area is 89.5 Å². The number of aromatic amines is 1. The third-order valence-electron chi connectivity index (χ3n) is 1.86. The molecule has 6 nitrogen and oxygen atoms in total. The average molecular weight is 232 g/mol. The summed E-state index contributed by atoms with van der Waals surface area (Å²) < 4.78 is 25.6. The van der Waals surface area contributed by atoms with Crippen molar-refractivity contribution in [3.63, 3.8) is 0 Å². The third kappa shape index (κ3) is 3.98. The van der Waals surface area contributed by atoms with Crippen molar-refractivity contribution in [2.45, 2.75) is 18.2 Å². The first-order valence-corrected chi connectivity index (χ1v) is 6.34. The van der Waals surface area contributed by atoms with E-state index >= 15 is 0 Å². The van der Waals surface area contributed by atoms with Crippen LogP contribution in [-0.2, 0) is 10.0 Å². The summed E-state index contributed by atoms with van der Waals surface area (Å²) in [6, 6.07) is 0. The van der Waals surface area contributed by atoms with Gasteiger partial charge in [0.15, 0.2) is 0 Å². The lowest BCUT2D eigenvalue weighted by Gasteiger charge is -2.04. The molecule has 0 unspecified atom stereocenters. The van der Waals surface area contributed by atoms with E-state index in [0.717, 1.165) is 19.5 Å². The van der Waals surface area contributed by atoms with Gasteiger partial charge >= 0.3 is 0 Å². The van der Waals surface area contributed by atoms with Gasteiger partial charge in [-0.3, -0.25) is 5.10 Å². The molecule has 1 aromatic rings. The van der Waals surface area contributed by atoms with Gasteiger partial charge in [-0.1, -0.05) is 6.92 Å². The number of H-pyrrole nitrogens is 1. The molecule has 0 atom stereocenters. The van der Waals surface area contributed by atoms with E-state index < -0.39 is 10.0 Å². The number of hydrogen-bond acceptors (Lipinski definition) is 4. The van der Waals surface area contributed by atoms with Crippen molar-refractivity contribution in [3.8, 4) is 0 Å². The Morgan fingerprint density at radius 3 is 2.87 bits per heavy atom. The predicted molar refractivity (Wildman–Crippen MR) is 56.9 cm³/mol. The number of hydrogen-bond donors (Lipinski definition) is 3. The van der Waals surface area contributed by atoms with Crippen LogP contribution in [0.4, 0.5) is 0 Å². The zero-order chi connectivity index (χ0) is 11.1. The molecule has 0 fully saturated rings. The second-order valence-corrected chi connectivity index (χ2v) is 4.81. The van der Waals surface area contributed by atoms with E-state index in [4.69, 9.17) is 0 Å². The Morgan fingerprint density at radius 2 is 2.27 bits per heavy atom. The summed E-state index contributed by atoms with van der Waals surface area (Å²) >= 11 is 0. The van der Waals surface area contributed by atoms with Gasteiger partial charge in [-0.05, 0) is 19.5 Å². The smallest absolute Gasteiger partial charge is 0.243 e. The largest absolute Gasteiger partial charge is 0.317 e. The van der Waals surface area contributed by atoms with Crippen LogP contribution < -0.4 is 10.0 Å². The van der Waals surface area contributed by atoms with Crippen molar-refractivity contribution in [1.82, 2.24) is 20.2 Å². The highest BCUT2D eigenvalue weighted by Gasteiger charge is 2.13. The van der Waals surface area contributed by atoms with Crippen LogP contribution in [0.15, 0.2) is 17.3 Å². The molecule has 0 aliphatic heterocycles. The van der Waals surface area contributed by atoms with E-state index in [-0.39, 0.29) is 4.90 Å². The fourth-order valence-corrected chi connectivity index (χ4v) is 2.05. The van der Waals surface area contributed by atoms with Gasteiger partial charge in [-0.2, -0.15) is 5.10 Å². The van der Waals surface area contributed by atoms with Crippen molar-refractivity contribution in [2.24, 2.45) is 0 Å². The highest BCUT2D eigenvalue weighted by molar-refractivity contribution is 7.89. The molecule has 0 aromatic carbocycles. The van der Waals surface area contributed by atoms with Gasteiger partial charge < -0.3 is 5.32 Å². The SMILES string of the molecule is CCNCCCNS(=O)(=O)c1cn[nH]c1. The minimum atomic E-state index is -3.38. The predicted octanol–water partition coefficient (Wildman–Crippen LogP) is -0.312. The number of sulfonamides is 1. The third-order valence-corrected chi connectivity index (χ3v) is 3.28. The van der Waals surface area contributed by atoms with E-state index in [0.29, 0.717) is 6.54 Å². The molecule has 0 radical (unpaired) electrons.